The zero-order chi connectivity index (χ0) is 12.3. The van der Waals surface area contributed by atoms with Crippen LogP contribution in [0.2, 0.25) is 0 Å². The summed E-state index contributed by atoms with van der Waals surface area (Å²) in [5, 5.41) is 10.6. The van der Waals surface area contributed by atoms with Gasteiger partial charge in [-0.05, 0) is 42.9 Å². The number of nitrogens with zero attached hydrogens (tertiary/aromatic N) is 1. The van der Waals surface area contributed by atoms with Gasteiger partial charge in [0.1, 0.15) is 0 Å². The van der Waals surface area contributed by atoms with E-state index in [0.717, 1.165) is 24.3 Å². The zero-order valence-corrected chi connectivity index (χ0v) is 10.5. The van der Waals surface area contributed by atoms with E-state index in [1.807, 2.05) is 12.1 Å². The summed E-state index contributed by atoms with van der Waals surface area (Å²) in [6.07, 6.45) is 7.46. The summed E-state index contributed by atoms with van der Waals surface area (Å²) >= 11 is 0. The molecular weight excluding hydrogens is 212 g/mol. The van der Waals surface area contributed by atoms with Crippen molar-refractivity contribution < 1.29 is 5.11 Å². The first-order valence-electron chi connectivity index (χ1n) is 6.50. The maximum Gasteiger partial charge on any atom is 0.0859 e. The van der Waals surface area contributed by atoms with Crippen LogP contribution < -0.4 is 5.73 Å². The number of aliphatic hydroxyl groups is 1. The predicted octanol–water partition coefficient (Wildman–Crippen LogP) is 2.27. The van der Waals surface area contributed by atoms with E-state index in [0.29, 0.717) is 6.54 Å². The lowest BCUT2D eigenvalue weighted by Gasteiger charge is -2.33. The molecule has 0 amide bonds. The number of hydrogen-bond acceptors (Lipinski definition) is 3. The third-order valence-electron chi connectivity index (χ3n) is 4.33. The molecule has 0 aliphatic heterocycles. The van der Waals surface area contributed by atoms with E-state index in [4.69, 9.17) is 5.73 Å². The van der Waals surface area contributed by atoms with Crippen LogP contribution in [0.15, 0.2) is 24.5 Å². The second-order valence-corrected chi connectivity index (χ2v) is 5.27. The first-order chi connectivity index (χ1) is 8.22. The second kappa shape index (κ2) is 5.15. The van der Waals surface area contributed by atoms with E-state index in [-0.39, 0.29) is 5.41 Å². The molecule has 0 saturated heterocycles. The molecule has 3 heteroatoms. The van der Waals surface area contributed by atoms with E-state index < -0.39 is 6.10 Å². The van der Waals surface area contributed by atoms with Gasteiger partial charge in [0, 0.05) is 24.4 Å². The molecule has 1 heterocycles. The highest BCUT2D eigenvalue weighted by atomic mass is 16.3. The molecule has 17 heavy (non-hydrogen) atoms. The summed E-state index contributed by atoms with van der Waals surface area (Å²) in [5.74, 6) is 0.718. The maximum absolute atomic E-state index is 10.6. The second-order valence-electron chi connectivity index (χ2n) is 5.27. The molecule has 1 aliphatic carbocycles. The summed E-state index contributed by atoms with van der Waals surface area (Å²) in [6.45, 7) is 2.78. The lowest BCUT2D eigenvalue weighted by Crippen LogP contribution is -2.34. The molecule has 0 radical (unpaired) electrons. The molecule has 1 fully saturated rings. The van der Waals surface area contributed by atoms with Gasteiger partial charge in [-0.3, -0.25) is 4.98 Å². The number of hydrogen-bond donors (Lipinski definition) is 2. The fraction of sp³-hybridized carbons (Fsp3) is 0.643. The Morgan fingerprint density at radius 3 is 2.76 bits per heavy atom. The van der Waals surface area contributed by atoms with Crippen LogP contribution in [0, 0.1) is 11.3 Å². The Morgan fingerprint density at radius 1 is 1.53 bits per heavy atom. The van der Waals surface area contributed by atoms with Crippen LogP contribution in [0.5, 0.6) is 0 Å². The monoisotopic (exact) mass is 234 g/mol. The smallest absolute Gasteiger partial charge is 0.0859 e. The molecule has 1 aliphatic rings. The van der Waals surface area contributed by atoms with E-state index >= 15 is 0 Å². The van der Waals surface area contributed by atoms with Crippen molar-refractivity contribution in [1.29, 1.82) is 0 Å². The summed E-state index contributed by atoms with van der Waals surface area (Å²) in [4.78, 5) is 3.99. The van der Waals surface area contributed by atoms with Crippen LogP contribution in [0.3, 0.4) is 0 Å². The Kier molecular flexibility index (Phi) is 3.79. The first kappa shape index (κ1) is 12.5. The van der Waals surface area contributed by atoms with Gasteiger partial charge >= 0.3 is 0 Å². The van der Waals surface area contributed by atoms with E-state index in [1.54, 1.807) is 12.4 Å². The van der Waals surface area contributed by atoms with Gasteiger partial charge in [0.05, 0.1) is 6.10 Å². The van der Waals surface area contributed by atoms with Gasteiger partial charge in [-0.25, -0.2) is 0 Å². The van der Waals surface area contributed by atoms with Crippen LogP contribution in [-0.2, 0) is 0 Å². The highest BCUT2D eigenvalue weighted by Gasteiger charge is 2.43. The molecular formula is C14H22N2O. The average molecular weight is 234 g/mol. The minimum absolute atomic E-state index is 0.123. The molecule has 0 aromatic carbocycles. The Morgan fingerprint density at radius 2 is 2.24 bits per heavy atom. The zero-order valence-electron chi connectivity index (χ0n) is 10.5. The number of rotatable bonds is 4. The number of aromatic nitrogens is 1. The summed E-state index contributed by atoms with van der Waals surface area (Å²) in [6, 6.07) is 3.78. The highest BCUT2D eigenvalue weighted by Crippen LogP contribution is 2.50. The fourth-order valence-corrected chi connectivity index (χ4v) is 3.06. The fourth-order valence-electron chi connectivity index (χ4n) is 3.06. The Balaban J connectivity index is 2.19. The average Bonchev–Trinajstić information content (AvgIpc) is 2.84. The van der Waals surface area contributed by atoms with Crippen molar-refractivity contribution in [3.05, 3.63) is 30.1 Å². The van der Waals surface area contributed by atoms with Crippen LogP contribution in [-0.4, -0.2) is 16.6 Å². The van der Waals surface area contributed by atoms with Crippen LogP contribution >= 0.6 is 0 Å². The Labute approximate surface area is 103 Å². The van der Waals surface area contributed by atoms with Crippen molar-refractivity contribution >= 4 is 0 Å². The normalized spacial score (nSPS) is 30.4. The predicted molar refractivity (Wildman–Crippen MR) is 68.3 cm³/mol. The molecule has 1 aromatic rings. The van der Waals surface area contributed by atoms with Crippen molar-refractivity contribution in [2.45, 2.75) is 38.7 Å². The Hall–Kier alpha value is -0.930. The van der Waals surface area contributed by atoms with Gasteiger partial charge < -0.3 is 10.8 Å². The maximum atomic E-state index is 10.6. The minimum atomic E-state index is -0.452. The van der Waals surface area contributed by atoms with Crippen molar-refractivity contribution in [2.75, 3.05) is 6.54 Å². The number of pyridine rings is 1. The van der Waals surface area contributed by atoms with E-state index in [1.165, 1.54) is 12.8 Å². The molecule has 2 rings (SSSR count). The van der Waals surface area contributed by atoms with Crippen molar-refractivity contribution in [3.8, 4) is 0 Å². The first-order valence-corrected chi connectivity index (χ1v) is 6.50. The molecule has 3 atom stereocenters. The molecule has 3 nitrogen and oxygen atoms in total. The molecule has 0 bridgehead atoms. The molecule has 94 valence electrons. The van der Waals surface area contributed by atoms with Gasteiger partial charge in [0.25, 0.3) is 0 Å². The molecule has 1 aromatic heterocycles. The van der Waals surface area contributed by atoms with E-state index in [9.17, 15) is 5.11 Å². The SMILES string of the molecule is CCC1CCC(CN)(C(O)c2ccncc2)C1. The quantitative estimate of drug-likeness (QED) is 0.840. The topological polar surface area (TPSA) is 59.1 Å². The molecule has 3 unspecified atom stereocenters. The summed E-state index contributed by atoms with van der Waals surface area (Å²) < 4.78 is 0. The van der Waals surface area contributed by atoms with Gasteiger partial charge in [-0.2, -0.15) is 0 Å². The number of nitrogens with two attached hydrogens (primary N) is 1. The number of aliphatic hydroxyl groups excluding tert-OH is 1. The Bertz CT molecular complexity index is 354. The van der Waals surface area contributed by atoms with Gasteiger partial charge in [-0.1, -0.05) is 13.3 Å². The van der Waals surface area contributed by atoms with Gasteiger partial charge in [0.15, 0.2) is 0 Å². The van der Waals surface area contributed by atoms with E-state index in [2.05, 4.69) is 11.9 Å². The molecule has 3 N–H and O–H groups in total. The third-order valence-corrected chi connectivity index (χ3v) is 4.33. The van der Waals surface area contributed by atoms with Crippen LogP contribution in [0.1, 0.15) is 44.3 Å². The highest BCUT2D eigenvalue weighted by molar-refractivity contribution is 5.17. The minimum Gasteiger partial charge on any atom is -0.388 e. The molecule has 0 spiro atoms. The van der Waals surface area contributed by atoms with Crippen molar-refractivity contribution in [1.82, 2.24) is 4.98 Å². The van der Waals surface area contributed by atoms with Gasteiger partial charge in [0.2, 0.25) is 0 Å². The van der Waals surface area contributed by atoms with Gasteiger partial charge in [-0.15, -0.1) is 0 Å². The van der Waals surface area contributed by atoms with Crippen molar-refractivity contribution in [2.24, 2.45) is 17.1 Å². The van der Waals surface area contributed by atoms with Crippen molar-refractivity contribution in [3.63, 3.8) is 0 Å². The standard InChI is InChI=1S/C14H22N2O/c1-2-11-3-6-14(9-11,10-15)13(17)12-4-7-16-8-5-12/h4-5,7-8,11,13,17H,2-3,6,9-10,15H2,1H3. The lowest BCUT2D eigenvalue weighted by molar-refractivity contribution is 0.0301. The summed E-state index contributed by atoms with van der Waals surface area (Å²) in [5.41, 5.74) is 6.77. The lowest BCUT2D eigenvalue weighted by atomic mass is 9.76. The largest absolute Gasteiger partial charge is 0.388 e. The summed E-state index contributed by atoms with van der Waals surface area (Å²) in [7, 11) is 0. The van der Waals surface area contributed by atoms with Crippen LogP contribution in [0.4, 0.5) is 0 Å². The molecule has 1 saturated carbocycles. The third kappa shape index (κ3) is 2.35. The van der Waals surface area contributed by atoms with Crippen LogP contribution in [0.25, 0.3) is 0 Å².